The van der Waals surface area contributed by atoms with Crippen LogP contribution in [0, 0.1) is 12.3 Å². The summed E-state index contributed by atoms with van der Waals surface area (Å²) in [5.74, 6) is -3.30. The number of nitrogens with one attached hydrogen (secondary N) is 1. The number of rotatable bonds is 3. The van der Waals surface area contributed by atoms with Crippen LogP contribution in [0.15, 0.2) is 53.4 Å². The van der Waals surface area contributed by atoms with E-state index < -0.39 is 18.1 Å². The van der Waals surface area contributed by atoms with Crippen LogP contribution in [0.4, 0.5) is 13.6 Å². The number of halogens is 3. The van der Waals surface area contributed by atoms with Crippen LogP contribution in [0.25, 0.3) is 10.8 Å². The fourth-order valence-corrected chi connectivity index (χ4v) is 4.52. The van der Waals surface area contributed by atoms with Gasteiger partial charge in [-0.25, -0.2) is 13.6 Å². The van der Waals surface area contributed by atoms with Crippen LogP contribution in [-0.4, -0.2) is 24.6 Å². The average molecular weight is 522 g/mol. The minimum absolute atomic E-state index is 0.00605. The third kappa shape index (κ3) is 5.86. The number of thiol groups is 1. The molecule has 3 aromatic carbocycles. The van der Waals surface area contributed by atoms with Crippen LogP contribution in [0.5, 0.6) is 5.75 Å². The summed E-state index contributed by atoms with van der Waals surface area (Å²) in [5.41, 5.74) is 12.9. The van der Waals surface area contributed by atoms with E-state index in [1.165, 1.54) is 6.07 Å². The van der Waals surface area contributed by atoms with Gasteiger partial charge >= 0.3 is 6.09 Å². The second-order valence-electron chi connectivity index (χ2n) is 8.19. The number of carbonyl (C=O) groups is 1. The standard InChI is InChI=1S/C16H19N3O2.C9H7ClF2OS/c1-9-5-3-6-11-7-4-8-12(13(9)11)10(2)14(17)15(18)21-16(19)20;10-5-1-2-6(14)8-7(5)9(11,12)3-4-13-8/h3-8,10,14,18H,17H2,1-2H3,(H2,19,20);1-2,14H,3-4H2. The van der Waals surface area contributed by atoms with E-state index in [9.17, 15) is 13.6 Å². The molecule has 6 nitrogen and oxygen atoms in total. The topological polar surface area (TPSA) is 111 Å². The van der Waals surface area contributed by atoms with E-state index in [0.29, 0.717) is 4.90 Å². The van der Waals surface area contributed by atoms with Crippen molar-refractivity contribution in [1.82, 2.24) is 0 Å². The number of amides is 1. The Morgan fingerprint density at radius 3 is 2.51 bits per heavy atom. The molecular formula is C25H26ClF2N3O3S. The second-order valence-corrected chi connectivity index (χ2v) is 9.08. The number of ether oxygens (including phenoxy) is 2. The lowest BCUT2D eigenvalue weighted by molar-refractivity contribution is -0.0412. The van der Waals surface area contributed by atoms with Crippen molar-refractivity contribution in [3.05, 3.63) is 70.2 Å². The smallest absolute Gasteiger partial charge is 0.411 e. The summed E-state index contributed by atoms with van der Waals surface area (Å²) in [7, 11) is 0. The van der Waals surface area contributed by atoms with Crippen molar-refractivity contribution in [2.75, 3.05) is 6.61 Å². The lowest BCUT2D eigenvalue weighted by Gasteiger charge is -2.27. The van der Waals surface area contributed by atoms with E-state index in [1.807, 2.05) is 50.2 Å². The number of fused-ring (bicyclic) bond motifs is 2. The number of alkyl halides is 2. The zero-order chi connectivity index (χ0) is 25.9. The highest BCUT2D eigenvalue weighted by atomic mass is 35.5. The highest BCUT2D eigenvalue weighted by molar-refractivity contribution is 7.80. The van der Waals surface area contributed by atoms with Crippen LogP contribution in [0.2, 0.25) is 5.02 Å². The molecule has 2 atom stereocenters. The van der Waals surface area contributed by atoms with Crippen LogP contribution in [0.1, 0.15) is 36.0 Å². The number of carbonyl (C=O) groups excluding carboxylic acids is 1. The monoisotopic (exact) mass is 521 g/mol. The van der Waals surface area contributed by atoms with Gasteiger partial charge in [-0.1, -0.05) is 54.9 Å². The Hall–Kier alpha value is -2.88. The Labute approximate surface area is 212 Å². The summed E-state index contributed by atoms with van der Waals surface area (Å²) >= 11 is 9.75. The Bertz CT molecular complexity index is 1270. The lowest BCUT2D eigenvalue weighted by atomic mass is 9.88. The number of aryl methyl sites for hydroxylation is 1. The normalized spacial score (nSPS) is 15.6. The van der Waals surface area contributed by atoms with Crippen molar-refractivity contribution in [3.63, 3.8) is 0 Å². The molecule has 0 spiro atoms. The number of hydrogen-bond donors (Lipinski definition) is 4. The van der Waals surface area contributed by atoms with E-state index in [1.54, 1.807) is 6.07 Å². The minimum Gasteiger partial charge on any atom is -0.492 e. The molecule has 0 saturated heterocycles. The molecule has 0 saturated carbocycles. The summed E-state index contributed by atoms with van der Waals surface area (Å²) in [5, 5.41) is 9.99. The number of benzene rings is 3. The van der Waals surface area contributed by atoms with E-state index in [4.69, 9.17) is 33.2 Å². The van der Waals surface area contributed by atoms with Gasteiger partial charge in [-0.15, -0.1) is 12.6 Å². The van der Waals surface area contributed by atoms with Crippen molar-refractivity contribution in [3.8, 4) is 5.75 Å². The molecule has 35 heavy (non-hydrogen) atoms. The molecule has 5 N–H and O–H groups in total. The first-order valence-corrected chi connectivity index (χ1v) is 11.6. The Morgan fingerprint density at radius 1 is 1.23 bits per heavy atom. The Kier molecular flexibility index (Phi) is 8.25. The number of primary amides is 1. The van der Waals surface area contributed by atoms with Crippen LogP contribution in [0.3, 0.4) is 0 Å². The molecule has 0 bridgehead atoms. The predicted molar refractivity (Wildman–Crippen MR) is 136 cm³/mol. The van der Waals surface area contributed by atoms with Crippen LogP contribution in [-0.2, 0) is 10.7 Å². The summed E-state index contributed by atoms with van der Waals surface area (Å²) < 4.78 is 36.6. The largest absolute Gasteiger partial charge is 0.492 e. The quantitative estimate of drug-likeness (QED) is 0.188. The molecule has 1 amide bonds. The van der Waals surface area contributed by atoms with Gasteiger partial charge in [0.15, 0.2) is 0 Å². The van der Waals surface area contributed by atoms with Gasteiger partial charge in [0.1, 0.15) is 5.75 Å². The molecule has 1 aliphatic rings. The number of nitrogens with two attached hydrogens (primary N) is 2. The van der Waals surface area contributed by atoms with Gasteiger partial charge in [0.25, 0.3) is 5.92 Å². The first kappa shape index (κ1) is 26.7. The molecule has 0 fully saturated rings. The zero-order valence-corrected chi connectivity index (χ0v) is 20.8. The van der Waals surface area contributed by atoms with Crippen LogP contribution >= 0.6 is 24.2 Å². The first-order chi connectivity index (χ1) is 16.4. The maximum absolute atomic E-state index is 13.4. The molecule has 1 aliphatic heterocycles. The predicted octanol–water partition coefficient (Wildman–Crippen LogP) is 6.15. The summed E-state index contributed by atoms with van der Waals surface area (Å²) in [6, 6.07) is 14.3. The van der Waals surface area contributed by atoms with E-state index in [-0.39, 0.29) is 41.2 Å². The fourth-order valence-electron chi connectivity index (χ4n) is 3.98. The zero-order valence-electron chi connectivity index (χ0n) is 19.1. The van der Waals surface area contributed by atoms with Crippen LogP contribution < -0.4 is 16.2 Å². The molecule has 0 aliphatic carbocycles. The highest BCUT2D eigenvalue weighted by Gasteiger charge is 2.40. The van der Waals surface area contributed by atoms with Gasteiger partial charge in [-0.3, -0.25) is 5.41 Å². The first-order valence-electron chi connectivity index (χ1n) is 10.8. The molecule has 186 valence electrons. The third-order valence-electron chi connectivity index (χ3n) is 5.80. The summed E-state index contributed by atoms with van der Waals surface area (Å²) in [6.45, 7) is 3.94. The Balaban J connectivity index is 0.000000211. The van der Waals surface area contributed by atoms with E-state index in [2.05, 4.69) is 17.4 Å². The van der Waals surface area contributed by atoms with E-state index in [0.717, 1.165) is 21.9 Å². The van der Waals surface area contributed by atoms with Gasteiger partial charge in [-0.2, -0.15) is 0 Å². The fraction of sp³-hybridized carbons (Fsp3) is 0.280. The lowest BCUT2D eigenvalue weighted by Crippen LogP contribution is -2.38. The van der Waals surface area contributed by atoms with Crippen molar-refractivity contribution in [1.29, 1.82) is 5.41 Å². The molecule has 2 unspecified atom stereocenters. The highest BCUT2D eigenvalue weighted by Crippen LogP contribution is 2.47. The van der Waals surface area contributed by atoms with Crippen molar-refractivity contribution >= 4 is 47.0 Å². The van der Waals surface area contributed by atoms with Crippen molar-refractivity contribution in [2.45, 2.75) is 43.0 Å². The summed E-state index contributed by atoms with van der Waals surface area (Å²) in [6.07, 6.45) is -1.35. The average Bonchev–Trinajstić information content (AvgIpc) is 2.80. The molecule has 10 heteroatoms. The van der Waals surface area contributed by atoms with Gasteiger partial charge < -0.3 is 20.9 Å². The van der Waals surface area contributed by atoms with Gasteiger partial charge in [-0.05, 0) is 41.0 Å². The maximum atomic E-state index is 13.4. The molecule has 3 aromatic rings. The second kappa shape index (κ2) is 10.8. The minimum atomic E-state index is -2.91. The number of hydrogen-bond acceptors (Lipinski definition) is 6. The SMILES string of the molecule is Cc1cccc2cccc(C(C)C(N)C(=N)OC(N)=O)c12.FC1(F)CCOc2c(S)ccc(Cl)c21. The molecule has 4 rings (SSSR count). The molecule has 0 aromatic heterocycles. The molecule has 1 heterocycles. The summed E-state index contributed by atoms with van der Waals surface area (Å²) in [4.78, 5) is 11.1. The van der Waals surface area contributed by atoms with E-state index >= 15 is 0 Å². The van der Waals surface area contributed by atoms with Gasteiger partial charge in [0.05, 0.1) is 29.7 Å². The van der Waals surface area contributed by atoms with Crippen molar-refractivity contribution in [2.24, 2.45) is 11.5 Å². The van der Waals surface area contributed by atoms with Gasteiger partial charge in [0.2, 0.25) is 5.90 Å². The molecular weight excluding hydrogens is 496 g/mol. The maximum Gasteiger partial charge on any atom is 0.411 e. The van der Waals surface area contributed by atoms with Gasteiger partial charge in [0, 0.05) is 10.8 Å². The Morgan fingerprint density at radius 2 is 1.89 bits per heavy atom. The van der Waals surface area contributed by atoms with Crippen molar-refractivity contribution < 1.29 is 23.0 Å². The molecule has 0 radical (unpaired) electrons. The third-order valence-corrected chi connectivity index (χ3v) is 6.47.